The number of nitrogens with zero attached hydrogens (tertiary/aromatic N) is 2. The van der Waals surface area contributed by atoms with Crippen molar-refractivity contribution in [1.29, 1.82) is 0 Å². The molecule has 0 spiro atoms. The lowest BCUT2D eigenvalue weighted by Crippen LogP contribution is -2.02. The Morgan fingerprint density at radius 2 is 1.96 bits per heavy atom. The van der Waals surface area contributed by atoms with Crippen LogP contribution in [0.4, 0.5) is 5.69 Å². The molecule has 1 aromatic heterocycles. The van der Waals surface area contributed by atoms with Gasteiger partial charge in [-0.25, -0.2) is 0 Å². The van der Waals surface area contributed by atoms with Gasteiger partial charge in [-0.1, -0.05) is 35.5 Å². The van der Waals surface area contributed by atoms with Crippen LogP contribution < -0.4 is 5.32 Å². The summed E-state index contributed by atoms with van der Waals surface area (Å²) in [6.07, 6.45) is 0. The van der Waals surface area contributed by atoms with E-state index >= 15 is 0 Å². The van der Waals surface area contributed by atoms with Crippen LogP contribution in [-0.2, 0) is 23.1 Å². The van der Waals surface area contributed by atoms with Crippen molar-refractivity contribution >= 4 is 16.5 Å². The van der Waals surface area contributed by atoms with Gasteiger partial charge < -0.3 is 9.84 Å². The zero-order valence-electron chi connectivity index (χ0n) is 12.7. The van der Waals surface area contributed by atoms with Crippen molar-refractivity contribution in [2.45, 2.75) is 24.1 Å². The lowest BCUT2D eigenvalue weighted by molar-refractivity contribution is 0.388. The number of hydrogen-bond donors (Lipinski definition) is 1. The monoisotopic (exact) mass is 327 g/mol. The molecule has 6 heteroatoms. The molecule has 3 rings (SSSR count). The van der Waals surface area contributed by atoms with Crippen LogP contribution >= 0.6 is 0 Å². The Balaban J connectivity index is 1.64. The fourth-order valence-corrected chi connectivity index (χ4v) is 3.28. The number of aromatic nitrogens is 2. The molecular formula is C17H17N3O2S. The number of hydrogen-bond acceptors (Lipinski definition) is 5. The van der Waals surface area contributed by atoms with Crippen molar-refractivity contribution < 1.29 is 8.73 Å². The Morgan fingerprint density at radius 3 is 2.70 bits per heavy atom. The van der Waals surface area contributed by atoms with Crippen molar-refractivity contribution in [3.63, 3.8) is 0 Å². The minimum Gasteiger partial charge on any atom is -0.378 e. The van der Waals surface area contributed by atoms with E-state index in [0.717, 1.165) is 16.1 Å². The first kappa shape index (κ1) is 15.4. The molecule has 5 nitrogen and oxygen atoms in total. The van der Waals surface area contributed by atoms with Gasteiger partial charge in [0.05, 0.1) is 23.1 Å². The molecular weight excluding hydrogens is 310 g/mol. The summed E-state index contributed by atoms with van der Waals surface area (Å²) in [5.74, 6) is 1.65. The zero-order chi connectivity index (χ0) is 16.1. The molecule has 0 radical (unpaired) electrons. The lowest BCUT2D eigenvalue weighted by atomic mass is 10.2. The highest BCUT2D eigenvalue weighted by Gasteiger charge is 2.06. The summed E-state index contributed by atoms with van der Waals surface area (Å²) >= 11 is 0. The topological polar surface area (TPSA) is 68.0 Å². The van der Waals surface area contributed by atoms with E-state index in [2.05, 4.69) is 15.5 Å². The van der Waals surface area contributed by atoms with Crippen LogP contribution in [-0.4, -0.2) is 14.3 Å². The first-order valence-electron chi connectivity index (χ1n) is 7.26. The molecule has 0 aliphatic rings. The van der Waals surface area contributed by atoms with Crippen molar-refractivity contribution in [1.82, 2.24) is 10.1 Å². The third kappa shape index (κ3) is 4.26. The molecule has 0 unspecified atom stereocenters. The SMILES string of the molecule is Cc1nc(CNc2cccc(C[S@](=O)c3ccccc3)c2)no1. The van der Waals surface area contributed by atoms with E-state index in [0.29, 0.717) is 24.0 Å². The van der Waals surface area contributed by atoms with Gasteiger partial charge in [0, 0.05) is 17.5 Å². The minimum absolute atomic E-state index is 0.487. The van der Waals surface area contributed by atoms with E-state index < -0.39 is 10.8 Å². The van der Waals surface area contributed by atoms with Crippen molar-refractivity contribution in [2.24, 2.45) is 0 Å². The molecule has 0 amide bonds. The van der Waals surface area contributed by atoms with Crippen LogP contribution in [0.2, 0.25) is 0 Å². The summed E-state index contributed by atoms with van der Waals surface area (Å²) in [5, 5.41) is 7.09. The van der Waals surface area contributed by atoms with E-state index in [9.17, 15) is 4.21 Å². The van der Waals surface area contributed by atoms with E-state index in [4.69, 9.17) is 4.52 Å². The number of nitrogens with one attached hydrogen (secondary N) is 1. The Kier molecular flexibility index (Phi) is 4.83. The molecule has 0 saturated carbocycles. The van der Waals surface area contributed by atoms with Crippen molar-refractivity contribution in [3.05, 3.63) is 71.9 Å². The average Bonchev–Trinajstić information content (AvgIpc) is 3.00. The third-order valence-electron chi connectivity index (χ3n) is 3.25. The Labute approximate surface area is 137 Å². The minimum atomic E-state index is -1.05. The highest BCUT2D eigenvalue weighted by atomic mass is 32.2. The molecule has 0 saturated heterocycles. The van der Waals surface area contributed by atoms with Gasteiger partial charge in [0.2, 0.25) is 5.89 Å². The second kappa shape index (κ2) is 7.19. The van der Waals surface area contributed by atoms with Gasteiger partial charge in [-0.3, -0.25) is 4.21 Å². The molecule has 1 atom stereocenters. The summed E-state index contributed by atoms with van der Waals surface area (Å²) in [7, 11) is -1.05. The molecule has 0 aliphatic heterocycles. The summed E-state index contributed by atoms with van der Waals surface area (Å²) in [4.78, 5) is 4.99. The first-order chi connectivity index (χ1) is 11.2. The number of rotatable bonds is 6. The average molecular weight is 327 g/mol. The number of aryl methyl sites for hydroxylation is 1. The van der Waals surface area contributed by atoms with Crippen molar-refractivity contribution in [3.8, 4) is 0 Å². The highest BCUT2D eigenvalue weighted by molar-refractivity contribution is 7.84. The van der Waals surface area contributed by atoms with E-state index in [1.807, 2.05) is 54.6 Å². The number of benzene rings is 2. The van der Waals surface area contributed by atoms with Crippen LogP contribution in [0.25, 0.3) is 0 Å². The van der Waals surface area contributed by atoms with Crippen LogP contribution in [0.3, 0.4) is 0 Å². The third-order valence-corrected chi connectivity index (χ3v) is 4.64. The van der Waals surface area contributed by atoms with Crippen LogP contribution in [0.15, 0.2) is 64.0 Å². The number of anilines is 1. The lowest BCUT2D eigenvalue weighted by Gasteiger charge is -2.07. The standard InChI is InChI=1S/C17H17N3O2S/c1-13-19-17(20-22-13)11-18-15-7-5-6-14(10-15)12-23(21)16-8-3-2-4-9-16/h2-10,18H,11-12H2,1H3/t23-/m0/s1. The molecule has 3 aromatic rings. The molecule has 118 valence electrons. The van der Waals surface area contributed by atoms with Crippen LogP contribution in [0.5, 0.6) is 0 Å². The van der Waals surface area contributed by atoms with Gasteiger partial charge in [0.25, 0.3) is 0 Å². The highest BCUT2D eigenvalue weighted by Crippen LogP contribution is 2.16. The summed E-state index contributed by atoms with van der Waals surface area (Å²) in [6.45, 7) is 2.25. The van der Waals surface area contributed by atoms with Gasteiger partial charge in [0.1, 0.15) is 0 Å². The van der Waals surface area contributed by atoms with E-state index in [1.54, 1.807) is 6.92 Å². The quantitative estimate of drug-likeness (QED) is 0.752. The maximum atomic E-state index is 12.4. The Hall–Kier alpha value is -2.47. The fourth-order valence-electron chi connectivity index (χ4n) is 2.17. The van der Waals surface area contributed by atoms with Crippen LogP contribution in [0.1, 0.15) is 17.3 Å². The van der Waals surface area contributed by atoms with E-state index in [1.165, 1.54) is 0 Å². The zero-order valence-corrected chi connectivity index (χ0v) is 13.5. The molecule has 1 heterocycles. The van der Waals surface area contributed by atoms with Crippen molar-refractivity contribution in [2.75, 3.05) is 5.32 Å². The van der Waals surface area contributed by atoms with Gasteiger partial charge in [-0.05, 0) is 29.8 Å². The largest absolute Gasteiger partial charge is 0.378 e. The maximum absolute atomic E-state index is 12.4. The fraction of sp³-hybridized carbons (Fsp3) is 0.176. The Morgan fingerprint density at radius 1 is 1.13 bits per heavy atom. The van der Waals surface area contributed by atoms with Crippen LogP contribution in [0, 0.1) is 6.92 Å². The Bertz CT molecular complexity index is 802. The predicted octanol–water partition coefficient (Wildman–Crippen LogP) is 3.30. The van der Waals surface area contributed by atoms with E-state index in [-0.39, 0.29) is 0 Å². The van der Waals surface area contributed by atoms with Gasteiger partial charge in [-0.15, -0.1) is 0 Å². The second-order valence-electron chi connectivity index (χ2n) is 5.09. The predicted molar refractivity (Wildman–Crippen MR) is 89.4 cm³/mol. The summed E-state index contributed by atoms with van der Waals surface area (Å²) < 4.78 is 17.3. The smallest absolute Gasteiger partial charge is 0.223 e. The van der Waals surface area contributed by atoms with Gasteiger partial charge >= 0.3 is 0 Å². The second-order valence-corrected chi connectivity index (χ2v) is 6.54. The van der Waals surface area contributed by atoms with Gasteiger partial charge in [0.15, 0.2) is 5.82 Å². The molecule has 0 aliphatic carbocycles. The molecule has 2 aromatic carbocycles. The molecule has 0 fully saturated rings. The molecule has 1 N–H and O–H groups in total. The van der Waals surface area contributed by atoms with Gasteiger partial charge in [-0.2, -0.15) is 4.98 Å². The normalized spacial score (nSPS) is 12.0. The first-order valence-corrected chi connectivity index (χ1v) is 8.58. The maximum Gasteiger partial charge on any atom is 0.223 e. The molecule has 23 heavy (non-hydrogen) atoms. The summed E-state index contributed by atoms with van der Waals surface area (Å²) in [6, 6.07) is 17.4. The summed E-state index contributed by atoms with van der Waals surface area (Å²) in [5.41, 5.74) is 1.96. The molecule has 0 bridgehead atoms.